The van der Waals surface area contributed by atoms with Crippen LogP contribution >= 0.6 is 28.3 Å². The fraction of sp³-hybridized carbons (Fsp3) is 0.500. The van der Waals surface area contributed by atoms with Gasteiger partial charge in [-0.2, -0.15) is 4.31 Å². The van der Waals surface area contributed by atoms with Crippen LogP contribution in [0.25, 0.3) is 0 Å². The van der Waals surface area contributed by atoms with E-state index in [2.05, 4.69) is 15.9 Å². The minimum atomic E-state index is -3.37. The second kappa shape index (κ2) is 6.54. The standard InChI is InChI=1S/C12H17BrN2O2S.ClH/c1-9-2-3-11(6-12(9)13)18(16,17)15-5-4-10(7-14)8-15;/h2-3,6,10H,4-5,7-8,14H2,1H3;1H. The van der Waals surface area contributed by atoms with E-state index in [1.807, 2.05) is 13.0 Å². The fourth-order valence-electron chi connectivity index (χ4n) is 2.09. The van der Waals surface area contributed by atoms with Crippen molar-refractivity contribution in [1.82, 2.24) is 4.31 Å². The number of rotatable bonds is 3. The first kappa shape index (κ1) is 16.9. The van der Waals surface area contributed by atoms with Gasteiger partial charge < -0.3 is 5.73 Å². The van der Waals surface area contributed by atoms with Gasteiger partial charge in [-0.1, -0.05) is 22.0 Å². The molecule has 0 aliphatic carbocycles. The molecule has 0 spiro atoms. The zero-order valence-corrected chi connectivity index (χ0v) is 13.9. The Balaban J connectivity index is 0.00000180. The van der Waals surface area contributed by atoms with Crippen LogP contribution in [-0.2, 0) is 10.0 Å². The number of nitrogens with zero attached hydrogens (tertiary/aromatic N) is 1. The van der Waals surface area contributed by atoms with Gasteiger partial charge >= 0.3 is 0 Å². The van der Waals surface area contributed by atoms with Crippen LogP contribution in [0.3, 0.4) is 0 Å². The molecule has 4 nitrogen and oxygen atoms in total. The lowest BCUT2D eigenvalue weighted by Gasteiger charge is -2.16. The van der Waals surface area contributed by atoms with Gasteiger partial charge in [0.25, 0.3) is 0 Å². The number of hydrogen-bond donors (Lipinski definition) is 1. The third kappa shape index (κ3) is 3.49. The van der Waals surface area contributed by atoms with Gasteiger partial charge in [0, 0.05) is 17.6 Å². The Morgan fingerprint density at radius 3 is 2.68 bits per heavy atom. The molecule has 1 aliphatic heterocycles. The molecular formula is C12H18BrClN2O2S. The van der Waals surface area contributed by atoms with Crippen molar-refractivity contribution < 1.29 is 8.42 Å². The molecule has 2 N–H and O–H groups in total. The van der Waals surface area contributed by atoms with E-state index in [4.69, 9.17) is 5.73 Å². The molecule has 1 aromatic rings. The maximum atomic E-state index is 12.4. The van der Waals surface area contributed by atoms with Crippen molar-refractivity contribution in [3.8, 4) is 0 Å². The summed E-state index contributed by atoms with van der Waals surface area (Å²) < 4.78 is 27.2. The van der Waals surface area contributed by atoms with E-state index in [9.17, 15) is 8.42 Å². The Bertz CT molecular complexity index is 551. The highest BCUT2D eigenvalue weighted by Gasteiger charge is 2.31. The Morgan fingerprint density at radius 1 is 1.47 bits per heavy atom. The summed E-state index contributed by atoms with van der Waals surface area (Å²) in [5.41, 5.74) is 6.62. The molecule has 0 radical (unpaired) electrons. The summed E-state index contributed by atoms with van der Waals surface area (Å²) >= 11 is 3.37. The van der Waals surface area contributed by atoms with Crippen LogP contribution < -0.4 is 5.73 Å². The summed E-state index contributed by atoms with van der Waals surface area (Å²) in [5.74, 6) is 0.286. The van der Waals surface area contributed by atoms with Gasteiger partial charge in [-0.15, -0.1) is 12.4 Å². The smallest absolute Gasteiger partial charge is 0.243 e. The molecule has 19 heavy (non-hydrogen) atoms. The van der Waals surface area contributed by atoms with E-state index >= 15 is 0 Å². The van der Waals surface area contributed by atoms with Crippen LogP contribution in [0.15, 0.2) is 27.6 Å². The second-order valence-electron chi connectivity index (χ2n) is 4.66. The Hall–Kier alpha value is -0.140. The largest absolute Gasteiger partial charge is 0.330 e. The molecule has 1 aromatic carbocycles. The minimum Gasteiger partial charge on any atom is -0.330 e. The van der Waals surface area contributed by atoms with E-state index in [0.29, 0.717) is 24.5 Å². The molecule has 0 saturated carbocycles. The average molecular weight is 370 g/mol. The van der Waals surface area contributed by atoms with Crippen molar-refractivity contribution in [3.63, 3.8) is 0 Å². The summed E-state index contributed by atoms with van der Waals surface area (Å²) in [4.78, 5) is 0.345. The molecule has 1 fully saturated rings. The maximum Gasteiger partial charge on any atom is 0.243 e. The van der Waals surface area contributed by atoms with Gasteiger partial charge in [-0.25, -0.2) is 8.42 Å². The maximum absolute atomic E-state index is 12.4. The van der Waals surface area contributed by atoms with Gasteiger partial charge in [-0.3, -0.25) is 0 Å². The lowest BCUT2D eigenvalue weighted by Crippen LogP contribution is -2.30. The molecule has 1 heterocycles. The van der Waals surface area contributed by atoms with Crippen LogP contribution in [0.4, 0.5) is 0 Å². The Morgan fingerprint density at radius 2 is 2.16 bits per heavy atom. The summed E-state index contributed by atoms with van der Waals surface area (Å²) in [6.07, 6.45) is 0.850. The molecular weight excluding hydrogens is 352 g/mol. The Labute approximate surface area is 128 Å². The van der Waals surface area contributed by atoms with Gasteiger partial charge in [-0.05, 0) is 43.5 Å². The van der Waals surface area contributed by atoms with E-state index in [1.54, 1.807) is 12.1 Å². The third-order valence-corrected chi connectivity index (χ3v) is 6.08. The molecule has 0 bridgehead atoms. The summed E-state index contributed by atoms with van der Waals surface area (Å²) in [7, 11) is -3.37. The second-order valence-corrected chi connectivity index (χ2v) is 7.46. The summed E-state index contributed by atoms with van der Waals surface area (Å²) in [6.45, 7) is 3.57. The predicted molar refractivity (Wildman–Crippen MR) is 82.0 cm³/mol. The molecule has 1 atom stereocenters. The first-order chi connectivity index (χ1) is 8.45. The quantitative estimate of drug-likeness (QED) is 0.888. The lowest BCUT2D eigenvalue weighted by molar-refractivity contribution is 0.459. The third-order valence-electron chi connectivity index (χ3n) is 3.36. The monoisotopic (exact) mass is 368 g/mol. The van der Waals surface area contributed by atoms with Gasteiger partial charge in [0.2, 0.25) is 10.0 Å². The zero-order chi connectivity index (χ0) is 13.3. The van der Waals surface area contributed by atoms with Crippen LogP contribution in [-0.4, -0.2) is 32.4 Å². The van der Waals surface area contributed by atoms with E-state index in [-0.39, 0.29) is 18.3 Å². The first-order valence-electron chi connectivity index (χ1n) is 5.91. The van der Waals surface area contributed by atoms with Crippen LogP contribution in [0.2, 0.25) is 0 Å². The number of hydrogen-bond acceptors (Lipinski definition) is 3. The molecule has 1 aliphatic rings. The predicted octanol–water partition coefficient (Wildman–Crippen LogP) is 2.15. The van der Waals surface area contributed by atoms with Crippen molar-refractivity contribution in [3.05, 3.63) is 28.2 Å². The molecule has 0 aromatic heterocycles. The van der Waals surface area contributed by atoms with Gasteiger partial charge in [0.05, 0.1) is 4.90 Å². The van der Waals surface area contributed by atoms with Crippen LogP contribution in [0.5, 0.6) is 0 Å². The lowest BCUT2D eigenvalue weighted by atomic mass is 10.1. The normalized spacial score (nSPS) is 20.3. The van der Waals surface area contributed by atoms with Crippen molar-refractivity contribution in [2.45, 2.75) is 18.2 Å². The minimum absolute atomic E-state index is 0. The van der Waals surface area contributed by atoms with E-state index < -0.39 is 10.0 Å². The van der Waals surface area contributed by atoms with Gasteiger partial charge in [0.1, 0.15) is 0 Å². The number of benzene rings is 1. The zero-order valence-electron chi connectivity index (χ0n) is 10.7. The van der Waals surface area contributed by atoms with Crippen LogP contribution in [0.1, 0.15) is 12.0 Å². The summed E-state index contributed by atoms with van der Waals surface area (Å²) in [5, 5.41) is 0. The van der Waals surface area contributed by atoms with Crippen LogP contribution in [0, 0.1) is 12.8 Å². The molecule has 1 saturated heterocycles. The number of aryl methyl sites for hydroxylation is 1. The van der Waals surface area contributed by atoms with E-state index in [0.717, 1.165) is 16.5 Å². The molecule has 1 unspecified atom stereocenters. The first-order valence-corrected chi connectivity index (χ1v) is 8.15. The number of nitrogens with two attached hydrogens (primary N) is 1. The highest BCUT2D eigenvalue weighted by Crippen LogP contribution is 2.26. The molecule has 2 rings (SSSR count). The Kier molecular flexibility index (Phi) is 5.82. The summed E-state index contributed by atoms with van der Waals surface area (Å²) in [6, 6.07) is 5.14. The topological polar surface area (TPSA) is 63.4 Å². The van der Waals surface area contributed by atoms with Gasteiger partial charge in [0.15, 0.2) is 0 Å². The molecule has 0 amide bonds. The highest BCUT2D eigenvalue weighted by molar-refractivity contribution is 9.10. The van der Waals surface area contributed by atoms with Crippen molar-refractivity contribution in [2.24, 2.45) is 11.7 Å². The van der Waals surface area contributed by atoms with Crippen molar-refractivity contribution in [2.75, 3.05) is 19.6 Å². The SMILES string of the molecule is Cc1ccc(S(=O)(=O)N2CCC(CN)C2)cc1Br.Cl. The number of halogens is 2. The molecule has 7 heteroatoms. The van der Waals surface area contributed by atoms with Crippen molar-refractivity contribution in [1.29, 1.82) is 0 Å². The molecule has 108 valence electrons. The average Bonchev–Trinajstić information content (AvgIpc) is 2.81. The number of sulfonamides is 1. The van der Waals surface area contributed by atoms with Crippen molar-refractivity contribution >= 4 is 38.4 Å². The fourth-order valence-corrected chi connectivity index (χ4v) is 4.18. The van der Waals surface area contributed by atoms with E-state index in [1.165, 1.54) is 4.31 Å². The highest BCUT2D eigenvalue weighted by atomic mass is 79.9.